The molecule has 0 saturated heterocycles. The molecule has 0 saturated carbocycles. The van der Waals surface area contributed by atoms with Crippen LogP contribution in [0.1, 0.15) is 5.56 Å². The Hall–Kier alpha value is -1.72. The number of methoxy groups -OCH3 is 2. The maximum atomic E-state index is 5.97. The molecular weight excluding hydrogens is 334 g/mol. The molecule has 21 heavy (non-hydrogen) atoms. The highest BCUT2D eigenvalue weighted by Crippen LogP contribution is 2.33. The van der Waals surface area contributed by atoms with Crippen molar-refractivity contribution in [2.45, 2.75) is 6.42 Å². The minimum Gasteiger partial charge on any atom is -0.496 e. The van der Waals surface area contributed by atoms with E-state index in [1.54, 1.807) is 20.3 Å². The second-order valence-corrected chi connectivity index (χ2v) is 5.36. The van der Waals surface area contributed by atoms with E-state index in [0.717, 1.165) is 22.2 Å². The van der Waals surface area contributed by atoms with Crippen LogP contribution < -0.4 is 19.9 Å². The smallest absolute Gasteiger partial charge is 0.134 e. The van der Waals surface area contributed by atoms with Crippen molar-refractivity contribution in [2.24, 2.45) is 5.73 Å². The lowest BCUT2D eigenvalue weighted by Crippen LogP contribution is -2.04. The van der Waals surface area contributed by atoms with Crippen LogP contribution in [0.5, 0.6) is 23.0 Å². The summed E-state index contributed by atoms with van der Waals surface area (Å²) >= 11 is 3.46. The highest BCUT2D eigenvalue weighted by Gasteiger charge is 2.08. The summed E-state index contributed by atoms with van der Waals surface area (Å²) in [5.41, 5.74) is 6.70. The first-order valence-electron chi connectivity index (χ1n) is 6.55. The molecular formula is C16H18BrNO3. The Morgan fingerprint density at radius 2 is 1.57 bits per heavy atom. The number of hydrogen-bond donors (Lipinski definition) is 1. The van der Waals surface area contributed by atoms with Crippen LogP contribution in [0.15, 0.2) is 40.9 Å². The zero-order valence-corrected chi connectivity index (χ0v) is 13.6. The fourth-order valence-electron chi connectivity index (χ4n) is 1.97. The third kappa shape index (κ3) is 4.12. The Kier molecular flexibility index (Phi) is 5.47. The van der Waals surface area contributed by atoms with E-state index in [9.17, 15) is 0 Å². The lowest BCUT2D eigenvalue weighted by atomic mass is 10.1. The number of rotatable bonds is 6. The van der Waals surface area contributed by atoms with Gasteiger partial charge in [0.2, 0.25) is 0 Å². The quantitative estimate of drug-likeness (QED) is 0.860. The van der Waals surface area contributed by atoms with E-state index in [1.165, 1.54) is 0 Å². The molecule has 0 unspecified atom stereocenters. The third-order valence-corrected chi connectivity index (χ3v) is 3.48. The summed E-state index contributed by atoms with van der Waals surface area (Å²) in [5.74, 6) is 2.80. The number of benzene rings is 2. The Morgan fingerprint density at radius 3 is 2.14 bits per heavy atom. The van der Waals surface area contributed by atoms with Gasteiger partial charge in [0.1, 0.15) is 23.0 Å². The van der Waals surface area contributed by atoms with Crippen LogP contribution in [-0.4, -0.2) is 20.8 Å². The van der Waals surface area contributed by atoms with Crippen LogP contribution in [-0.2, 0) is 6.42 Å². The second-order valence-electron chi connectivity index (χ2n) is 4.44. The first kappa shape index (κ1) is 15.7. The lowest BCUT2D eigenvalue weighted by molar-refractivity contribution is 0.386. The molecule has 2 rings (SSSR count). The highest BCUT2D eigenvalue weighted by molar-refractivity contribution is 9.10. The van der Waals surface area contributed by atoms with Crippen molar-refractivity contribution >= 4 is 15.9 Å². The molecule has 2 aromatic carbocycles. The first-order valence-corrected chi connectivity index (χ1v) is 7.35. The fraction of sp³-hybridized carbons (Fsp3) is 0.250. The Balaban J connectivity index is 2.33. The molecule has 5 heteroatoms. The maximum Gasteiger partial charge on any atom is 0.134 e. The van der Waals surface area contributed by atoms with Gasteiger partial charge in [-0.15, -0.1) is 0 Å². The number of hydrogen-bond acceptors (Lipinski definition) is 4. The number of nitrogens with two attached hydrogens (primary N) is 1. The molecule has 0 heterocycles. The number of halogens is 1. The van der Waals surface area contributed by atoms with Crippen LogP contribution in [0.3, 0.4) is 0 Å². The van der Waals surface area contributed by atoms with Crippen molar-refractivity contribution in [2.75, 3.05) is 20.8 Å². The first-order chi connectivity index (χ1) is 10.2. The normalized spacial score (nSPS) is 10.3. The topological polar surface area (TPSA) is 53.7 Å². The third-order valence-electron chi connectivity index (χ3n) is 2.99. The van der Waals surface area contributed by atoms with Crippen molar-refractivity contribution in [1.82, 2.24) is 0 Å². The molecule has 0 fully saturated rings. The molecule has 0 spiro atoms. The molecule has 4 nitrogen and oxygen atoms in total. The van der Waals surface area contributed by atoms with Gasteiger partial charge in [-0.1, -0.05) is 15.9 Å². The zero-order valence-electron chi connectivity index (χ0n) is 12.1. The van der Waals surface area contributed by atoms with E-state index >= 15 is 0 Å². The highest BCUT2D eigenvalue weighted by atomic mass is 79.9. The zero-order chi connectivity index (χ0) is 15.2. The maximum absolute atomic E-state index is 5.97. The Morgan fingerprint density at radius 1 is 0.952 bits per heavy atom. The minimum absolute atomic E-state index is 0.564. The van der Waals surface area contributed by atoms with Crippen LogP contribution in [0, 0.1) is 0 Å². The van der Waals surface area contributed by atoms with Gasteiger partial charge in [-0.25, -0.2) is 0 Å². The molecule has 112 valence electrons. The largest absolute Gasteiger partial charge is 0.496 e. The Bertz CT molecular complexity index is 594. The van der Waals surface area contributed by atoms with E-state index in [4.69, 9.17) is 19.9 Å². The van der Waals surface area contributed by atoms with Gasteiger partial charge < -0.3 is 19.9 Å². The monoisotopic (exact) mass is 351 g/mol. The van der Waals surface area contributed by atoms with Gasteiger partial charge >= 0.3 is 0 Å². The lowest BCUT2D eigenvalue weighted by Gasteiger charge is -2.13. The van der Waals surface area contributed by atoms with Crippen LogP contribution in [0.4, 0.5) is 0 Å². The van der Waals surface area contributed by atoms with Gasteiger partial charge in [0.15, 0.2) is 0 Å². The van der Waals surface area contributed by atoms with Gasteiger partial charge in [-0.2, -0.15) is 0 Å². The second kappa shape index (κ2) is 7.33. The molecule has 0 aromatic heterocycles. The Labute approximate surface area is 132 Å². The molecule has 0 radical (unpaired) electrons. The van der Waals surface area contributed by atoms with Crippen molar-refractivity contribution in [1.29, 1.82) is 0 Å². The molecule has 0 aliphatic heterocycles. The van der Waals surface area contributed by atoms with Gasteiger partial charge in [0.25, 0.3) is 0 Å². The van der Waals surface area contributed by atoms with Crippen LogP contribution in [0.2, 0.25) is 0 Å². The summed E-state index contributed by atoms with van der Waals surface area (Å²) in [5, 5.41) is 0. The predicted octanol–water partition coefficient (Wildman–Crippen LogP) is 3.76. The summed E-state index contributed by atoms with van der Waals surface area (Å²) in [7, 11) is 3.22. The summed E-state index contributed by atoms with van der Waals surface area (Å²) in [6, 6.07) is 11.3. The van der Waals surface area contributed by atoms with Crippen molar-refractivity contribution < 1.29 is 14.2 Å². The average Bonchev–Trinajstić information content (AvgIpc) is 2.50. The summed E-state index contributed by atoms with van der Waals surface area (Å²) < 4.78 is 17.5. The van der Waals surface area contributed by atoms with E-state index < -0.39 is 0 Å². The molecule has 0 aliphatic rings. The van der Waals surface area contributed by atoms with Crippen molar-refractivity contribution in [3.8, 4) is 23.0 Å². The molecule has 0 amide bonds. The van der Waals surface area contributed by atoms with E-state index in [-0.39, 0.29) is 0 Å². The van der Waals surface area contributed by atoms with E-state index in [0.29, 0.717) is 23.8 Å². The minimum atomic E-state index is 0.564. The van der Waals surface area contributed by atoms with Crippen LogP contribution >= 0.6 is 15.9 Å². The van der Waals surface area contributed by atoms with Crippen molar-refractivity contribution in [3.05, 3.63) is 46.4 Å². The standard InChI is InChI=1S/C16H18BrNO3/c1-19-13-8-14(20-2)10-15(9-13)21-16-4-3-12(17)7-11(16)5-6-18/h3-4,7-10H,5-6,18H2,1-2H3. The van der Waals surface area contributed by atoms with Gasteiger partial charge in [0.05, 0.1) is 14.2 Å². The molecule has 2 aromatic rings. The predicted molar refractivity (Wildman–Crippen MR) is 86.5 cm³/mol. The van der Waals surface area contributed by atoms with Crippen LogP contribution in [0.25, 0.3) is 0 Å². The summed E-state index contributed by atoms with van der Waals surface area (Å²) in [6.07, 6.45) is 0.746. The average molecular weight is 352 g/mol. The number of ether oxygens (including phenoxy) is 3. The van der Waals surface area contributed by atoms with Gasteiger partial charge in [0, 0.05) is 22.7 Å². The SMILES string of the molecule is COc1cc(OC)cc(Oc2ccc(Br)cc2CCN)c1. The molecule has 2 N–H and O–H groups in total. The van der Waals surface area contributed by atoms with Gasteiger partial charge in [-0.05, 0) is 36.7 Å². The van der Waals surface area contributed by atoms with Crippen molar-refractivity contribution in [3.63, 3.8) is 0 Å². The summed E-state index contributed by atoms with van der Waals surface area (Å²) in [4.78, 5) is 0. The van der Waals surface area contributed by atoms with E-state index in [1.807, 2.05) is 30.3 Å². The molecule has 0 bridgehead atoms. The molecule has 0 atom stereocenters. The fourth-order valence-corrected chi connectivity index (χ4v) is 2.37. The molecule has 0 aliphatic carbocycles. The van der Waals surface area contributed by atoms with Gasteiger partial charge in [-0.3, -0.25) is 0 Å². The summed E-state index contributed by atoms with van der Waals surface area (Å²) in [6.45, 7) is 0.564. The van der Waals surface area contributed by atoms with E-state index in [2.05, 4.69) is 15.9 Å².